The molecule has 0 fully saturated rings. The second-order valence-electron chi connectivity index (χ2n) is 3.01. The highest BCUT2D eigenvalue weighted by Crippen LogP contribution is 2.25. The second-order valence-corrected chi connectivity index (χ2v) is 3.92. The Kier molecular flexibility index (Phi) is 2.56. The maximum absolute atomic E-state index is 8.84. The van der Waals surface area contributed by atoms with Gasteiger partial charge in [-0.15, -0.1) is 11.3 Å². The molecular formula is C10H10N2OS. The van der Waals surface area contributed by atoms with Gasteiger partial charge in [-0.05, 0) is 23.9 Å². The lowest BCUT2D eigenvalue weighted by molar-refractivity contribution is 0.281. The van der Waals surface area contributed by atoms with Crippen LogP contribution in [0.3, 0.4) is 0 Å². The highest BCUT2D eigenvalue weighted by atomic mass is 32.1. The molecule has 72 valence electrons. The van der Waals surface area contributed by atoms with Crippen LogP contribution in [0.1, 0.15) is 11.1 Å². The van der Waals surface area contributed by atoms with Gasteiger partial charge in [0, 0.05) is 18.0 Å². The van der Waals surface area contributed by atoms with E-state index >= 15 is 0 Å². The molecule has 0 bridgehead atoms. The number of aryl methyl sites for hydroxylation is 1. The van der Waals surface area contributed by atoms with E-state index in [1.54, 1.807) is 23.7 Å². The van der Waals surface area contributed by atoms with E-state index in [0.29, 0.717) is 0 Å². The van der Waals surface area contributed by atoms with Gasteiger partial charge in [0.2, 0.25) is 0 Å². The first-order chi connectivity index (χ1) is 6.81. The predicted octanol–water partition coefficient (Wildman–Crippen LogP) is 2.01. The number of thiophene rings is 1. The standard InChI is InChI=1S/C10H10N2OS/c1-7-2-3-14-9(7)10-11-4-8(6-13)5-12-10/h2-5,13H,6H2,1H3. The zero-order valence-electron chi connectivity index (χ0n) is 7.77. The Balaban J connectivity index is 2.39. The van der Waals surface area contributed by atoms with Crippen LogP contribution in [0, 0.1) is 6.92 Å². The SMILES string of the molecule is Cc1ccsc1-c1ncc(CO)cn1. The van der Waals surface area contributed by atoms with Crippen molar-refractivity contribution in [3.05, 3.63) is 35.0 Å². The van der Waals surface area contributed by atoms with E-state index < -0.39 is 0 Å². The van der Waals surface area contributed by atoms with Crippen molar-refractivity contribution in [2.75, 3.05) is 0 Å². The van der Waals surface area contributed by atoms with E-state index in [9.17, 15) is 0 Å². The molecule has 0 amide bonds. The summed E-state index contributed by atoms with van der Waals surface area (Å²) in [5.74, 6) is 0.731. The summed E-state index contributed by atoms with van der Waals surface area (Å²) in [6, 6.07) is 2.04. The monoisotopic (exact) mass is 206 g/mol. The molecule has 0 atom stereocenters. The maximum Gasteiger partial charge on any atom is 0.169 e. The first-order valence-corrected chi connectivity index (χ1v) is 5.15. The van der Waals surface area contributed by atoms with Crippen molar-refractivity contribution in [1.82, 2.24) is 9.97 Å². The number of hydrogen-bond donors (Lipinski definition) is 1. The summed E-state index contributed by atoms with van der Waals surface area (Å²) < 4.78 is 0. The average molecular weight is 206 g/mol. The van der Waals surface area contributed by atoms with Gasteiger partial charge in [-0.1, -0.05) is 0 Å². The summed E-state index contributed by atoms with van der Waals surface area (Å²) in [5.41, 5.74) is 1.93. The fourth-order valence-corrected chi connectivity index (χ4v) is 2.03. The number of nitrogens with zero attached hydrogens (tertiary/aromatic N) is 2. The van der Waals surface area contributed by atoms with Crippen LogP contribution in [0.15, 0.2) is 23.8 Å². The van der Waals surface area contributed by atoms with Crippen molar-refractivity contribution < 1.29 is 5.11 Å². The smallest absolute Gasteiger partial charge is 0.169 e. The number of rotatable bonds is 2. The van der Waals surface area contributed by atoms with Crippen LogP contribution in [0.4, 0.5) is 0 Å². The Hall–Kier alpha value is -1.26. The van der Waals surface area contributed by atoms with Crippen molar-refractivity contribution in [2.24, 2.45) is 0 Å². The van der Waals surface area contributed by atoms with Gasteiger partial charge in [-0.2, -0.15) is 0 Å². The fraction of sp³-hybridized carbons (Fsp3) is 0.200. The minimum absolute atomic E-state index is 0.0102. The van der Waals surface area contributed by atoms with Gasteiger partial charge in [-0.3, -0.25) is 0 Å². The molecule has 0 radical (unpaired) electrons. The van der Waals surface area contributed by atoms with Crippen LogP contribution in [0.25, 0.3) is 10.7 Å². The molecule has 2 heterocycles. The lowest BCUT2D eigenvalue weighted by Crippen LogP contribution is -1.91. The van der Waals surface area contributed by atoms with E-state index in [1.165, 1.54) is 5.56 Å². The van der Waals surface area contributed by atoms with Gasteiger partial charge in [0.05, 0.1) is 11.5 Å². The average Bonchev–Trinajstić information content (AvgIpc) is 2.65. The minimum atomic E-state index is -0.0102. The van der Waals surface area contributed by atoms with Gasteiger partial charge in [0.1, 0.15) is 0 Å². The zero-order valence-corrected chi connectivity index (χ0v) is 8.58. The Morgan fingerprint density at radius 3 is 2.57 bits per heavy atom. The Morgan fingerprint density at radius 1 is 1.36 bits per heavy atom. The molecule has 3 nitrogen and oxygen atoms in total. The third kappa shape index (κ3) is 1.66. The van der Waals surface area contributed by atoms with Gasteiger partial charge < -0.3 is 5.11 Å². The molecule has 4 heteroatoms. The fourth-order valence-electron chi connectivity index (χ4n) is 1.16. The second kappa shape index (κ2) is 3.86. The predicted molar refractivity (Wildman–Crippen MR) is 56.0 cm³/mol. The highest BCUT2D eigenvalue weighted by Gasteiger charge is 2.05. The third-order valence-electron chi connectivity index (χ3n) is 1.95. The van der Waals surface area contributed by atoms with E-state index in [1.807, 2.05) is 18.4 Å². The summed E-state index contributed by atoms with van der Waals surface area (Å²) in [4.78, 5) is 9.48. The van der Waals surface area contributed by atoms with Crippen LogP contribution in [-0.2, 0) is 6.61 Å². The lowest BCUT2D eigenvalue weighted by Gasteiger charge is -1.98. The zero-order chi connectivity index (χ0) is 9.97. The molecule has 2 aromatic heterocycles. The van der Waals surface area contributed by atoms with Gasteiger partial charge in [0.15, 0.2) is 5.82 Å². The quantitative estimate of drug-likeness (QED) is 0.817. The molecule has 0 unspecified atom stereocenters. The maximum atomic E-state index is 8.84. The molecule has 14 heavy (non-hydrogen) atoms. The van der Waals surface area contributed by atoms with Gasteiger partial charge in [0.25, 0.3) is 0 Å². The molecule has 2 rings (SSSR count). The molecule has 2 aromatic rings. The Bertz CT molecular complexity index is 422. The van der Waals surface area contributed by atoms with Crippen LogP contribution in [0.5, 0.6) is 0 Å². The number of aromatic nitrogens is 2. The highest BCUT2D eigenvalue weighted by molar-refractivity contribution is 7.13. The Morgan fingerprint density at radius 2 is 2.07 bits per heavy atom. The molecule has 0 aliphatic heterocycles. The molecule has 0 aliphatic rings. The molecule has 0 aliphatic carbocycles. The molecule has 1 N–H and O–H groups in total. The molecule has 0 saturated heterocycles. The van der Waals surface area contributed by atoms with Crippen molar-refractivity contribution >= 4 is 11.3 Å². The van der Waals surface area contributed by atoms with E-state index in [2.05, 4.69) is 9.97 Å². The molecule has 0 spiro atoms. The normalized spacial score (nSPS) is 10.4. The first kappa shape index (κ1) is 9.30. The third-order valence-corrected chi connectivity index (χ3v) is 2.97. The summed E-state index contributed by atoms with van der Waals surface area (Å²) in [6.45, 7) is 2.03. The minimum Gasteiger partial charge on any atom is -0.392 e. The first-order valence-electron chi connectivity index (χ1n) is 4.27. The lowest BCUT2D eigenvalue weighted by atomic mass is 10.3. The number of hydrogen-bond acceptors (Lipinski definition) is 4. The largest absolute Gasteiger partial charge is 0.392 e. The summed E-state index contributed by atoms with van der Waals surface area (Å²) in [6.07, 6.45) is 3.31. The van der Waals surface area contributed by atoms with E-state index in [4.69, 9.17) is 5.11 Å². The van der Waals surface area contributed by atoms with Crippen molar-refractivity contribution in [1.29, 1.82) is 0 Å². The van der Waals surface area contributed by atoms with Crippen molar-refractivity contribution in [3.8, 4) is 10.7 Å². The molecular weight excluding hydrogens is 196 g/mol. The molecule has 0 aromatic carbocycles. The summed E-state index contributed by atoms with van der Waals surface area (Å²) in [7, 11) is 0. The summed E-state index contributed by atoms with van der Waals surface area (Å²) in [5, 5.41) is 10.9. The number of aliphatic hydroxyl groups is 1. The molecule has 0 saturated carbocycles. The van der Waals surface area contributed by atoms with Crippen LogP contribution >= 0.6 is 11.3 Å². The van der Waals surface area contributed by atoms with Gasteiger partial charge >= 0.3 is 0 Å². The van der Waals surface area contributed by atoms with Crippen LogP contribution < -0.4 is 0 Å². The van der Waals surface area contributed by atoms with Crippen molar-refractivity contribution in [2.45, 2.75) is 13.5 Å². The van der Waals surface area contributed by atoms with Gasteiger partial charge in [-0.25, -0.2) is 9.97 Å². The Labute approximate surface area is 86.1 Å². The summed E-state index contributed by atoms with van der Waals surface area (Å²) >= 11 is 1.63. The van der Waals surface area contributed by atoms with E-state index in [-0.39, 0.29) is 6.61 Å². The van der Waals surface area contributed by atoms with E-state index in [0.717, 1.165) is 16.3 Å². The topological polar surface area (TPSA) is 46.0 Å². The number of aliphatic hydroxyl groups excluding tert-OH is 1. The van der Waals surface area contributed by atoms with Crippen molar-refractivity contribution in [3.63, 3.8) is 0 Å². The van der Waals surface area contributed by atoms with Crippen LogP contribution in [0.2, 0.25) is 0 Å². The van der Waals surface area contributed by atoms with Crippen LogP contribution in [-0.4, -0.2) is 15.1 Å².